The number of carbonyl (C=O) groups is 2. The number of aromatic nitrogens is 3. The van der Waals surface area contributed by atoms with Gasteiger partial charge in [-0.15, -0.1) is 5.10 Å². The number of ether oxygens (including phenoxy) is 1. The van der Waals surface area contributed by atoms with Crippen LogP contribution in [-0.2, 0) is 6.42 Å². The molecule has 0 aliphatic rings. The number of halogens is 4. The molecule has 0 atom stereocenters. The Kier molecular flexibility index (Phi) is 11.3. The highest BCUT2D eigenvalue weighted by Gasteiger charge is 2.28. The first-order valence-electron chi connectivity index (χ1n) is 12.7. The molecule has 8 nitrogen and oxygen atoms in total. The molecule has 0 spiro atoms. The third-order valence-corrected chi connectivity index (χ3v) is 5.70. The van der Waals surface area contributed by atoms with E-state index in [0.29, 0.717) is 31.5 Å². The molecule has 0 saturated heterocycles. The van der Waals surface area contributed by atoms with Crippen LogP contribution in [-0.4, -0.2) is 59.4 Å². The van der Waals surface area contributed by atoms with E-state index in [0.717, 1.165) is 19.3 Å². The van der Waals surface area contributed by atoms with Crippen molar-refractivity contribution < 1.29 is 31.9 Å². The second kappa shape index (κ2) is 14.8. The monoisotopic (exact) mass is 549 g/mol. The number of benzene rings is 2. The molecule has 12 heteroatoms. The van der Waals surface area contributed by atoms with E-state index in [9.17, 15) is 27.2 Å². The molecule has 0 bridgehead atoms. The molecule has 0 fully saturated rings. The van der Waals surface area contributed by atoms with Gasteiger partial charge in [0.05, 0.1) is 19.5 Å². The van der Waals surface area contributed by atoms with Crippen molar-refractivity contribution in [3.63, 3.8) is 0 Å². The van der Waals surface area contributed by atoms with E-state index in [1.54, 1.807) is 0 Å². The van der Waals surface area contributed by atoms with E-state index in [1.165, 1.54) is 34.6 Å². The molecule has 2 N–H and O–H groups in total. The van der Waals surface area contributed by atoms with Crippen LogP contribution >= 0.6 is 0 Å². The van der Waals surface area contributed by atoms with Crippen molar-refractivity contribution in [2.75, 3.05) is 26.4 Å². The number of aryl methyl sites for hydroxylation is 1. The smallest absolute Gasteiger partial charge is 0.405 e. The van der Waals surface area contributed by atoms with Crippen LogP contribution in [0.3, 0.4) is 0 Å². The van der Waals surface area contributed by atoms with Crippen LogP contribution in [0, 0.1) is 0 Å². The summed E-state index contributed by atoms with van der Waals surface area (Å²) in [4.78, 5) is 24.8. The van der Waals surface area contributed by atoms with Gasteiger partial charge in [-0.1, -0.05) is 42.0 Å². The number of hydrogen-bond donors (Lipinski definition) is 2. The molecule has 3 aromatic rings. The van der Waals surface area contributed by atoms with Gasteiger partial charge in [0, 0.05) is 12.1 Å². The zero-order valence-corrected chi connectivity index (χ0v) is 21.3. The highest BCUT2D eigenvalue weighted by atomic mass is 19.4. The minimum Gasteiger partial charge on any atom is -0.491 e. The Balaban J connectivity index is 1.66. The van der Waals surface area contributed by atoms with E-state index in [1.807, 2.05) is 35.6 Å². The van der Waals surface area contributed by atoms with Crippen LogP contribution in [0.25, 0.3) is 5.69 Å². The summed E-state index contributed by atoms with van der Waals surface area (Å²) in [6.45, 7) is -1.18. The Morgan fingerprint density at radius 2 is 1.69 bits per heavy atom. The summed E-state index contributed by atoms with van der Waals surface area (Å²) in [5.41, 5.74) is 1.55. The van der Waals surface area contributed by atoms with Gasteiger partial charge < -0.3 is 15.4 Å². The third kappa shape index (κ3) is 10.0. The third-order valence-electron chi connectivity index (χ3n) is 5.70. The first-order valence-corrected chi connectivity index (χ1v) is 12.7. The number of rotatable bonds is 15. The number of alkyl halides is 4. The van der Waals surface area contributed by atoms with Crippen molar-refractivity contribution in [3.8, 4) is 11.4 Å². The Morgan fingerprint density at radius 3 is 2.44 bits per heavy atom. The lowest BCUT2D eigenvalue weighted by atomic mass is 10.1. The standard InChI is InChI=1S/C27H31F4N5O3/c28-14-6-1-2-7-16-39-24-17-21(25(37)33-19-27(29,30)31)12-13-23(24)36-18-22(34-35-36)26(38)32-15-8-11-20-9-4-3-5-10-20/h3-5,9-10,12-13,17-18H,1-2,6-8,11,14-16,19H2,(H,32,38)(H,33,37). The predicted octanol–water partition coefficient (Wildman–Crippen LogP) is 4.83. The topological polar surface area (TPSA) is 98.1 Å². The molecule has 1 aromatic heterocycles. The van der Waals surface area contributed by atoms with Crippen molar-refractivity contribution >= 4 is 11.8 Å². The molecular weight excluding hydrogens is 518 g/mol. The zero-order chi connectivity index (χ0) is 28.1. The lowest BCUT2D eigenvalue weighted by Crippen LogP contribution is -2.33. The normalized spacial score (nSPS) is 11.3. The Labute approximate surface area is 223 Å². The number of amides is 2. The van der Waals surface area contributed by atoms with E-state index in [-0.39, 0.29) is 23.6 Å². The summed E-state index contributed by atoms with van der Waals surface area (Å²) in [6, 6.07) is 14.0. The van der Waals surface area contributed by atoms with Crippen molar-refractivity contribution in [1.82, 2.24) is 25.6 Å². The van der Waals surface area contributed by atoms with E-state index in [4.69, 9.17) is 4.74 Å². The fourth-order valence-electron chi connectivity index (χ4n) is 3.69. The summed E-state index contributed by atoms with van der Waals surface area (Å²) in [5, 5.41) is 12.5. The quantitative estimate of drug-likeness (QED) is 0.209. The maximum Gasteiger partial charge on any atom is 0.405 e. The van der Waals surface area contributed by atoms with Gasteiger partial charge in [-0.2, -0.15) is 13.2 Å². The van der Waals surface area contributed by atoms with Crippen LogP contribution in [0.15, 0.2) is 54.7 Å². The van der Waals surface area contributed by atoms with Gasteiger partial charge in [0.25, 0.3) is 11.8 Å². The molecule has 210 valence electrons. The van der Waals surface area contributed by atoms with Gasteiger partial charge in [-0.25, -0.2) is 4.68 Å². The molecule has 3 rings (SSSR count). The average molecular weight is 550 g/mol. The van der Waals surface area contributed by atoms with Crippen LogP contribution in [0.2, 0.25) is 0 Å². The Bertz CT molecular complexity index is 1200. The van der Waals surface area contributed by atoms with Crippen molar-refractivity contribution in [1.29, 1.82) is 0 Å². The highest BCUT2D eigenvalue weighted by Crippen LogP contribution is 2.25. The van der Waals surface area contributed by atoms with Gasteiger partial charge in [0.15, 0.2) is 5.69 Å². The summed E-state index contributed by atoms with van der Waals surface area (Å²) < 4.78 is 57.0. The molecule has 0 radical (unpaired) electrons. The van der Waals surface area contributed by atoms with Gasteiger partial charge in [-0.3, -0.25) is 14.0 Å². The molecule has 0 aliphatic carbocycles. The predicted molar refractivity (Wildman–Crippen MR) is 137 cm³/mol. The largest absolute Gasteiger partial charge is 0.491 e. The van der Waals surface area contributed by atoms with Crippen LogP contribution in [0.4, 0.5) is 17.6 Å². The van der Waals surface area contributed by atoms with Gasteiger partial charge in [-0.05, 0) is 55.9 Å². The van der Waals surface area contributed by atoms with Gasteiger partial charge in [0.1, 0.15) is 18.0 Å². The fraction of sp³-hybridized carbons (Fsp3) is 0.407. The molecule has 39 heavy (non-hydrogen) atoms. The maximum absolute atomic E-state index is 12.5. The lowest BCUT2D eigenvalue weighted by molar-refractivity contribution is -0.123. The number of nitrogens with zero attached hydrogens (tertiary/aromatic N) is 3. The molecule has 1 heterocycles. The lowest BCUT2D eigenvalue weighted by Gasteiger charge is -2.14. The summed E-state index contributed by atoms with van der Waals surface area (Å²) in [6.07, 6.45) is 0.889. The second-order valence-corrected chi connectivity index (χ2v) is 8.83. The van der Waals surface area contributed by atoms with E-state index < -0.39 is 31.2 Å². The summed E-state index contributed by atoms with van der Waals surface area (Å²) >= 11 is 0. The van der Waals surface area contributed by atoms with Gasteiger partial charge >= 0.3 is 6.18 Å². The Morgan fingerprint density at radius 1 is 0.923 bits per heavy atom. The zero-order valence-electron chi connectivity index (χ0n) is 21.3. The minimum atomic E-state index is -4.55. The highest BCUT2D eigenvalue weighted by molar-refractivity contribution is 5.95. The molecule has 0 unspecified atom stereocenters. The first kappa shape index (κ1) is 29.6. The fourth-order valence-corrected chi connectivity index (χ4v) is 3.69. The van der Waals surface area contributed by atoms with Crippen molar-refractivity contribution in [2.45, 2.75) is 44.7 Å². The summed E-state index contributed by atoms with van der Waals surface area (Å²) in [5.74, 6) is -1.14. The maximum atomic E-state index is 12.5. The number of unbranched alkanes of at least 4 members (excludes halogenated alkanes) is 3. The number of carbonyl (C=O) groups excluding carboxylic acids is 2. The van der Waals surface area contributed by atoms with Crippen molar-refractivity contribution in [2.24, 2.45) is 0 Å². The molecule has 0 saturated carbocycles. The SMILES string of the molecule is O=C(NCC(F)(F)F)c1ccc(-n2cc(C(=O)NCCCc3ccccc3)nn2)c(OCCCCCCF)c1. The number of hydrogen-bond acceptors (Lipinski definition) is 5. The molecule has 0 aliphatic heterocycles. The van der Waals surface area contributed by atoms with Crippen LogP contribution in [0.1, 0.15) is 58.5 Å². The molecule has 2 amide bonds. The van der Waals surface area contributed by atoms with Gasteiger partial charge in [0.2, 0.25) is 0 Å². The second-order valence-electron chi connectivity index (χ2n) is 8.83. The molecule has 2 aromatic carbocycles. The first-order chi connectivity index (χ1) is 18.8. The molecular formula is C27H31F4N5O3. The van der Waals surface area contributed by atoms with Crippen LogP contribution < -0.4 is 15.4 Å². The Hall–Kier alpha value is -3.96. The van der Waals surface area contributed by atoms with E-state index in [2.05, 4.69) is 15.6 Å². The minimum absolute atomic E-state index is 0.0353. The number of nitrogens with one attached hydrogen (secondary N) is 2. The van der Waals surface area contributed by atoms with Crippen molar-refractivity contribution in [3.05, 3.63) is 71.5 Å². The van der Waals surface area contributed by atoms with Crippen LogP contribution in [0.5, 0.6) is 5.75 Å². The summed E-state index contributed by atoms with van der Waals surface area (Å²) in [7, 11) is 0. The van der Waals surface area contributed by atoms with E-state index >= 15 is 0 Å². The average Bonchev–Trinajstić information content (AvgIpc) is 3.42.